The van der Waals surface area contributed by atoms with E-state index in [1.807, 2.05) is 0 Å². The van der Waals surface area contributed by atoms with E-state index in [4.69, 9.17) is 5.73 Å². The highest BCUT2D eigenvalue weighted by molar-refractivity contribution is 5.11. The van der Waals surface area contributed by atoms with Crippen LogP contribution in [0.3, 0.4) is 0 Å². The summed E-state index contributed by atoms with van der Waals surface area (Å²) in [7, 11) is 0. The fourth-order valence-electron chi connectivity index (χ4n) is 0.188. The van der Waals surface area contributed by atoms with Crippen LogP contribution in [0.25, 0.3) is 0 Å². The van der Waals surface area contributed by atoms with Gasteiger partial charge in [-0.15, -0.1) is 0 Å². The number of hydrogen-bond acceptors (Lipinski definition) is 1. The van der Waals surface area contributed by atoms with Crippen molar-refractivity contribution < 1.29 is 4.39 Å². The Labute approximate surface area is 42.3 Å². The van der Waals surface area contributed by atoms with Crippen LogP contribution in [0.15, 0.2) is 24.2 Å². The van der Waals surface area contributed by atoms with Gasteiger partial charge in [-0.3, -0.25) is 0 Å². The third-order valence-electron chi connectivity index (χ3n) is 0.531. The van der Waals surface area contributed by atoms with Crippen molar-refractivity contribution in [2.75, 3.05) is 0 Å². The van der Waals surface area contributed by atoms with Crippen LogP contribution in [0.5, 0.6) is 0 Å². The molecule has 0 saturated heterocycles. The van der Waals surface area contributed by atoms with Crippen LogP contribution in [-0.2, 0) is 0 Å². The van der Waals surface area contributed by atoms with Gasteiger partial charge in [-0.2, -0.15) is 0 Å². The lowest BCUT2D eigenvalue weighted by atomic mass is 10.3. The predicted molar refractivity (Wildman–Crippen MR) is 28.2 cm³/mol. The van der Waals surface area contributed by atoms with Gasteiger partial charge in [-0.1, -0.05) is 0 Å². The zero-order valence-electron chi connectivity index (χ0n) is 4.19. The van der Waals surface area contributed by atoms with Crippen molar-refractivity contribution in [3.05, 3.63) is 24.2 Å². The van der Waals surface area contributed by atoms with Crippen LogP contribution < -0.4 is 5.73 Å². The van der Waals surface area contributed by atoms with Gasteiger partial charge in [-0.05, 0) is 24.8 Å². The van der Waals surface area contributed by atoms with Crippen LogP contribution >= 0.6 is 0 Å². The van der Waals surface area contributed by atoms with Crippen molar-refractivity contribution in [3.8, 4) is 0 Å². The average molecular weight is 101 g/mol. The van der Waals surface area contributed by atoms with E-state index in [0.29, 0.717) is 11.9 Å². The smallest absolute Gasteiger partial charge is 0.0896 e. The standard InChI is InChI=1S/C5H8FN/c1-5(4-6)2-3-7/h2-4H,7H2,1H3/b3-2-,5-4-. The van der Waals surface area contributed by atoms with Crippen LogP contribution in [-0.4, -0.2) is 0 Å². The first-order chi connectivity index (χ1) is 3.31. The fourth-order valence-corrected chi connectivity index (χ4v) is 0.188. The molecule has 40 valence electrons. The highest BCUT2D eigenvalue weighted by atomic mass is 19.1. The molecule has 0 rings (SSSR count). The Morgan fingerprint density at radius 2 is 2.29 bits per heavy atom. The molecular formula is C5H8FN. The number of nitrogens with two attached hydrogens (primary N) is 1. The second-order valence-corrected chi connectivity index (χ2v) is 1.21. The molecule has 0 unspecified atom stereocenters. The molecule has 0 bridgehead atoms. The first-order valence-electron chi connectivity index (χ1n) is 1.96. The minimum absolute atomic E-state index is 0.503. The summed E-state index contributed by atoms with van der Waals surface area (Å²) in [5, 5.41) is 0. The summed E-state index contributed by atoms with van der Waals surface area (Å²) >= 11 is 0. The van der Waals surface area contributed by atoms with Gasteiger partial charge in [0.15, 0.2) is 0 Å². The molecule has 0 spiro atoms. The molecule has 1 nitrogen and oxygen atoms in total. The molecule has 0 aliphatic rings. The Kier molecular flexibility index (Phi) is 3.02. The van der Waals surface area contributed by atoms with E-state index < -0.39 is 0 Å². The largest absolute Gasteiger partial charge is 0.405 e. The minimum atomic E-state index is 0.503. The first-order valence-corrected chi connectivity index (χ1v) is 1.96. The quantitative estimate of drug-likeness (QED) is 0.495. The lowest BCUT2D eigenvalue weighted by Gasteiger charge is -1.78. The topological polar surface area (TPSA) is 26.0 Å². The average Bonchev–Trinajstić information content (AvgIpc) is 1.68. The number of hydrogen-bond donors (Lipinski definition) is 1. The molecule has 0 fully saturated rings. The molecule has 2 N–H and O–H groups in total. The number of allylic oxidation sites excluding steroid dienone is 2. The molecule has 0 saturated carbocycles. The van der Waals surface area contributed by atoms with E-state index >= 15 is 0 Å². The van der Waals surface area contributed by atoms with Crippen molar-refractivity contribution in [1.82, 2.24) is 0 Å². The maximum Gasteiger partial charge on any atom is 0.0896 e. The SMILES string of the molecule is CC(/C=C\N)=C/F. The zero-order valence-corrected chi connectivity index (χ0v) is 4.19. The molecule has 0 radical (unpaired) electrons. The summed E-state index contributed by atoms with van der Waals surface area (Å²) in [5.74, 6) is 0. The van der Waals surface area contributed by atoms with E-state index in [-0.39, 0.29) is 0 Å². The van der Waals surface area contributed by atoms with Gasteiger partial charge in [0.05, 0.1) is 6.33 Å². The summed E-state index contributed by atoms with van der Waals surface area (Å²) in [4.78, 5) is 0. The molecule has 0 aromatic carbocycles. The second-order valence-electron chi connectivity index (χ2n) is 1.21. The number of rotatable bonds is 1. The Bertz CT molecular complexity index is 94.3. The Balaban J connectivity index is 3.58. The lowest BCUT2D eigenvalue weighted by Crippen LogP contribution is -1.75. The Morgan fingerprint density at radius 1 is 1.71 bits per heavy atom. The number of halogens is 1. The van der Waals surface area contributed by atoms with Crippen LogP contribution in [0.1, 0.15) is 6.92 Å². The summed E-state index contributed by atoms with van der Waals surface area (Å²) in [6.07, 6.45) is 3.29. The van der Waals surface area contributed by atoms with E-state index in [1.165, 1.54) is 12.3 Å². The van der Waals surface area contributed by atoms with Gasteiger partial charge in [-0.25, -0.2) is 4.39 Å². The molecule has 0 aromatic rings. The highest BCUT2D eigenvalue weighted by Gasteiger charge is 1.73. The van der Waals surface area contributed by atoms with Crippen molar-refractivity contribution in [2.24, 2.45) is 5.73 Å². The maximum absolute atomic E-state index is 11.3. The lowest BCUT2D eigenvalue weighted by molar-refractivity contribution is 0.713. The monoisotopic (exact) mass is 101 g/mol. The van der Waals surface area contributed by atoms with Crippen LogP contribution in [0.2, 0.25) is 0 Å². The third kappa shape index (κ3) is 3.03. The molecule has 0 aromatic heterocycles. The van der Waals surface area contributed by atoms with Crippen molar-refractivity contribution in [3.63, 3.8) is 0 Å². The van der Waals surface area contributed by atoms with Crippen LogP contribution in [0.4, 0.5) is 4.39 Å². The van der Waals surface area contributed by atoms with Crippen molar-refractivity contribution in [2.45, 2.75) is 6.92 Å². The molecule has 2 heteroatoms. The Morgan fingerprint density at radius 3 is 2.43 bits per heavy atom. The van der Waals surface area contributed by atoms with Crippen molar-refractivity contribution in [1.29, 1.82) is 0 Å². The van der Waals surface area contributed by atoms with Gasteiger partial charge >= 0.3 is 0 Å². The second kappa shape index (κ2) is 3.40. The van der Waals surface area contributed by atoms with E-state index in [1.54, 1.807) is 6.92 Å². The fraction of sp³-hybridized carbons (Fsp3) is 0.200. The predicted octanol–water partition coefficient (Wildman–Crippen LogP) is 1.33. The minimum Gasteiger partial charge on any atom is -0.405 e. The molecule has 0 atom stereocenters. The van der Waals surface area contributed by atoms with Gasteiger partial charge < -0.3 is 5.73 Å². The summed E-state index contributed by atoms with van der Waals surface area (Å²) < 4.78 is 11.3. The van der Waals surface area contributed by atoms with Crippen molar-refractivity contribution >= 4 is 0 Å². The van der Waals surface area contributed by atoms with Gasteiger partial charge in [0.25, 0.3) is 0 Å². The molecule has 7 heavy (non-hydrogen) atoms. The van der Waals surface area contributed by atoms with Gasteiger partial charge in [0.1, 0.15) is 0 Å². The van der Waals surface area contributed by atoms with E-state index in [9.17, 15) is 4.39 Å². The molecular weight excluding hydrogens is 93.1 g/mol. The van der Waals surface area contributed by atoms with Gasteiger partial charge in [0.2, 0.25) is 0 Å². The molecule has 0 aliphatic heterocycles. The maximum atomic E-state index is 11.3. The summed E-state index contributed by atoms with van der Waals surface area (Å²) in [5.41, 5.74) is 5.45. The highest BCUT2D eigenvalue weighted by Crippen LogP contribution is 1.91. The Hall–Kier alpha value is -0.790. The molecule has 0 amide bonds. The zero-order chi connectivity index (χ0) is 5.70. The van der Waals surface area contributed by atoms with E-state index in [2.05, 4.69) is 0 Å². The molecule has 0 heterocycles. The third-order valence-corrected chi connectivity index (χ3v) is 0.531. The van der Waals surface area contributed by atoms with E-state index in [0.717, 1.165) is 0 Å². The molecule has 0 aliphatic carbocycles. The summed E-state index contributed by atoms with van der Waals surface area (Å²) in [6, 6.07) is 0. The normalized spacial score (nSPS) is 13.1. The summed E-state index contributed by atoms with van der Waals surface area (Å²) in [6.45, 7) is 1.63. The van der Waals surface area contributed by atoms with Crippen LogP contribution in [0, 0.1) is 0 Å². The van der Waals surface area contributed by atoms with Gasteiger partial charge in [0, 0.05) is 0 Å². The first kappa shape index (κ1) is 6.21.